The molecule has 6 N–H and O–H groups in total. The first-order chi connectivity index (χ1) is 11.1. The molecule has 3 aromatic rings. The fourth-order valence-electron chi connectivity index (χ4n) is 1.76. The van der Waals surface area contributed by atoms with Gasteiger partial charge in [0.15, 0.2) is 0 Å². The summed E-state index contributed by atoms with van der Waals surface area (Å²) >= 11 is 0. The number of amides is 2. The molecule has 0 radical (unpaired) electrons. The zero-order valence-electron chi connectivity index (χ0n) is 12.5. The summed E-state index contributed by atoms with van der Waals surface area (Å²) in [5.74, 6) is -0.00759. The predicted octanol–water partition coefficient (Wildman–Crippen LogP) is 1.57. The zero-order valence-corrected chi connectivity index (χ0v) is 12.5. The van der Waals surface area contributed by atoms with Gasteiger partial charge in [-0.1, -0.05) is 30.3 Å². The van der Waals surface area contributed by atoms with E-state index in [2.05, 4.69) is 25.7 Å². The highest BCUT2D eigenvalue weighted by Gasteiger charge is 1.98. The van der Waals surface area contributed by atoms with Gasteiger partial charge in [0.2, 0.25) is 5.96 Å². The van der Waals surface area contributed by atoms with Crippen LogP contribution in [0.1, 0.15) is 5.56 Å². The van der Waals surface area contributed by atoms with Gasteiger partial charge in [-0.25, -0.2) is 9.79 Å². The average molecular weight is 311 g/mol. The number of carbonyl (C=O) groups is 1. The molecule has 1 heterocycles. The number of aromatic amines is 1. The SMILES string of the molecule is Cc1ccccc1N=C(N)NC(N)=O.c1ccc2n[nH]nc2c1. The molecule has 23 heavy (non-hydrogen) atoms. The normalized spacial score (nSPS) is 10.7. The molecule has 1 aromatic heterocycles. The van der Waals surface area contributed by atoms with Crippen molar-refractivity contribution in [2.75, 3.05) is 0 Å². The number of aryl methyl sites for hydroxylation is 1. The third-order valence-corrected chi connectivity index (χ3v) is 2.83. The molecule has 2 aromatic carbocycles. The van der Waals surface area contributed by atoms with Gasteiger partial charge < -0.3 is 11.5 Å². The van der Waals surface area contributed by atoms with Crippen LogP contribution < -0.4 is 16.8 Å². The number of nitrogens with one attached hydrogen (secondary N) is 2. The Hall–Kier alpha value is -3.42. The largest absolute Gasteiger partial charge is 0.369 e. The Kier molecular flexibility index (Phi) is 5.24. The van der Waals surface area contributed by atoms with Crippen molar-refractivity contribution in [2.45, 2.75) is 6.92 Å². The number of benzene rings is 2. The molecule has 0 aliphatic heterocycles. The Morgan fingerprint density at radius 1 is 1.04 bits per heavy atom. The molecule has 8 nitrogen and oxygen atoms in total. The molecule has 0 aliphatic carbocycles. The Morgan fingerprint density at radius 3 is 2.17 bits per heavy atom. The third-order valence-electron chi connectivity index (χ3n) is 2.83. The van der Waals surface area contributed by atoms with Crippen molar-refractivity contribution in [3.05, 3.63) is 54.1 Å². The highest BCUT2D eigenvalue weighted by Crippen LogP contribution is 2.16. The fourth-order valence-corrected chi connectivity index (χ4v) is 1.76. The highest BCUT2D eigenvalue weighted by molar-refractivity contribution is 5.95. The number of nitrogens with zero attached hydrogens (tertiary/aromatic N) is 3. The molecule has 3 rings (SSSR count). The van der Waals surface area contributed by atoms with Gasteiger partial charge in [-0.3, -0.25) is 5.32 Å². The lowest BCUT2D eigenvalue weighted by molar-refractivity contribution is 0.253. The van der Waals surface area contributed by atoms with Crippen molar-refractivity contribution >= 4 is 28.7 Å². The van der Waals surface area contributed by atoms with E-state index in [0.29, 0.717) is 5.69 Å². The standard InChI is InChI=1S/C9H12N4O.C6H5N3/c1-6-4-2-3-5-7(6)12-8(10)13-9(11)14;1-2-4-6-5(3-1)7-9-8-6/h2-5H,1H3,(H5,10,11,12,13,14);1-4H,(H,7,8,9). The number of H-pyrrole nitrogens is 1. The number of aliphatic imine (C=N–C) groups is 1. The number of carbonyl (C=O) groups excluding carboxylic acids is 1. The summed E-state index contributed by atoms with van der Waals surface area (Å²) < 4.78 is 0. The van der Waals surface area contributed by atoms with Crippen LogP contribution in [0.2, 0.25) is 0 Å². The van der Waals surface area contributed by atoms with Crippen molar-refractivity contribution < 1.29 is 4.79 Å². The van der Waals surface area contributed by atoms with Crippen molar-refractivity contribution in [3.63, 3.8) is 0 Å². The zero-order chi connectivity index (χ0) is 16.7. The lowest BCUT2D eigenvalue weighted by Gasteiger charge is -2.02. The minimum Gasteiger partial charge on any atom is -0.369 e. The van der Waals surface area contributed by atoms with Crippen LogP contribution in [0.25, 0.3) is 11.0 Å². The maximum Gasteiger partial charge on any atom is 0.318 e. The predicted molar refractivity (Wildman–Crippen MR) is 89.1 cm³/mol. The maximum atomic E-state index is 10.4. The summed E-state index contributed by atoms with van der Waals surface area (Å²) in [6.45, 7) is 1.90. The van der Waals surface area contributed by atoms with Crippen LogP contribution in [-0.4, -0.2) is 27.4 Å². The first-order valence-electron chi connectivity index (χ1n) is 6.78. The fraction of sp³-hybridized carbons (Fsp3) is 0.0667. The van der Waals surface area contributed by atoms with Gasteiger partial charge in [-0.05, 0) is 30.7 Å². The second-order valence-electron chi connectivity index (χ2n) is 4.59. The van der Waals surface area contributed by atoms with Gasteiger partial charge in [0.25, 0.3) is 0 Å². The Labute approximate surface area is 132 Å². The highest BCUT2D eigenvalue weighted by atomic mass is 16.2. The van der Waals surface area contributed by atoms with Gasteiger partial charge >= 0.3 is 6.03 Å². The quantitative estimate of drug-likeness (QED) is 0.400. The molecular formula is C15H17N7O. The van der Waals surface area contributed by atoms with Gasteiger partial charge in [0.1, 0.15) is 11.0 Å². The molecule has 0 atom stereocenters. The molecule has 0 unspecified atom stereocenters. The number of primary amides is 1. The van der Waals surface area contributed by atoms with Crippen LogP contribution in [0.15, 0.2) is 53.5 Å². The van der Waals surface area contributed by atoms with E-state index < -0.39 is 6.03 Å². The summed E-state index contributed by atoms with van der Waals surface area (Å²) in [4.78, 5) is 14.4. The van der Waals surface area contributed by atoms with Gasteiger partial charge in [0.05, 0.1) is 5.69 Å². The van der Waals surface area contributed by atoms with Crippen LogP contribution in [0.4, 0.5) is 10.5 Å². The number of rotatable bonds is 1. The van der Waals surface area contributed by atoms with Crippen molar-refractivity contribution in [2.24, 2.45) is 16.5 Å². The second-order valence-corrected chi connectivity index (χ2v) is 4.59. The van der Waals surface area contributed by atoms with Gasteiger partial charge in [0, 0.05) is 0 Å². The average Bonchev–Trinajstić information content (AvgIpc) is 2.98. The summed E-state index contributed by atoms with van der Waals surface area (Å²) in [6.07, 6.45) is 0. The van der Waals surface area contributed by atoms with Crippen LogP contribution in [-0.2, 0) is 0 Å². The number of nitrogens with two attached hydrogens (primary N) is 2. The van der Waals surface area contributed by atoms with E-state index in [4.69, 9.17) is 11.5 Å². The lowest BCUT2D eigenvalue weighted by atomic mass is 10.2. The summed E-state index contributed by atoms with van der Waals surface area (Å²) in [6, 6.07) is 14.4. The lowest BCUT2D eigenvalue weighted by Crippen LogP contribution is -2.39. The molecule has 0 fully saturated rings. The molecule has 0 spiro atoms. The van der Waals surface area contributed by atoms with E-state index in [1.165, 1.54) is 0 Å². The first-order valence-corrected chi connectivity index (χ1v) is 6.78. The molecule has 0 aliphatic rings. The van der Waals surface area contributed by atoms with Crippen molar-refractivity contribution in [1.29, 1.82) is 0 Å². The molecule has 8 heteroatoms. The number of urea groups is 1. The monoisotopic (exact) mass is 311 g/mol. The summed E-state index contributed by atoms with van der Waals surface area (Å²) in [5.41, 5.74) is 13.8. The van der Waals surface area contributed by atoms with E-state index in [1.807, 2.05) is 49.4 Å². The van der Waals surface area contributed by atoms with Crippen molar-refractivity contribution in [3.8, 4) is 0 Å². The van der Waals surface area contributed by atoms with Crippen LogP contribution in [0, 0.1) is 6.92 Å². The number of hydrogen-bond donors (Lipinski definition) is 4. The first kappa shape index (κ1) is 16.0. The molecule has 0 bridgehead atoms. The number of aromatic nitrogens is 3. The van der Waals surface area contributed by atoms with Gasteiger partial charge in [-0.15, -0.1) is 0 Å². The maximum absolute atomic E-state index is 10.4. The van der Waals surface area contributed by atoms with E-state index in [-0.39, 0.29) is 5.96 Å². The van der Waals surface area contributed by atoms with Crippen LogP contribution >= 0.6 is 0 Å². The van der Waals surface area contributed by atoms with Crippen LogP contribution in [0.5, 0.6) is 0 Å². The number of fused-ring (bicyclic) bond motifs is 1. The third kappa shape index (κ3) is 4.81. The number of guanidine groups is 1. The Morgan fingerprint density at radius 2 is 1.61 bits per heavy atom. The molecular weight excluding hydrogens is 294 g/mol. The number of hydrogen-bond acceptors (Lipinski definition) is 4. The van der Waals surface area contributed by atoms with E-state index in [0.717, 1.165) is 16.6 Å². The molecule has 2 amide bonds. The topological polar surface area (TPSA) is 135 Å². The van der Waals surface area contributed by atoms with Gasteiger partial charge in [-0.2, -0.15) is 15.4 Å². The number of para-hydroxylation sites is 3. The molecule has 0 saturated carbocycles. The Bertz CT molecular complexity index is 795. The Balaban J connectivity index is 0.000000182. The van der Waals surface area contributed by atoms with Crippen molar-refractivity contribution in [1.82, 2.24) is 20.7 Å². The minimum absolute atomic E-state index is 0.00759. The molecule has 118 valence electrons. The summed E-state index contributed by atoms with van der Waals surface area (Å²) in [7, 11) is 0. The smallest absolute Gasteiger partial charge is 0.318 e. The van der Waals surface area contributed by atoms with E-state index in [1.54, 1.807) is 6.07 Å². The van der Waals surface area contributed by atoms with E-state index in [9.17, 15) is 4.79 Å². The van der Waals surface area contributed by atoms with E-state index >= 15 is 0 Å². The minimum atomic E-state index is -0.722. The van der Waals surface area contributed by atoms with Crippen LogP contribution in [0.3, 0.4) is 0 Å². The molecule has 0 saturated heterocycles. The summed E-state index contributed by atoms with van der Waals surface area (Å²) in [5, 5.41) is 12.5. The second kappa shape index (κ2) is 7.55.